The fraction of sp³-hybridized carbons (Fsp3) is 0.889. The van der Waals surface area contributed by atoms with E-state index in [4.69, 9.17) is 5.11 Å². The molecule has 0 radical (unpaired) electrons. The molecule has 0 amide bonds. The minimum absolute atomic E-state index is 0.170. The first-order chi connectivity index (χ1) is 7.33. The molecular formula is C9H18N2O4S. The zero-order valence-corrected chi connectivity index (χ0v) is 10.4. The first-order valence-corrected chi connectivity index (χ1v) is 6.83. The van der Waals surface area contributed by atoms with Gasteiger partial charge in [0.2, 0.25) is 10.0 Å². The molecule has 16 heavy (non-hydrogen) atoms. The van der Waals surface area contributed by atoms with Gasteiger partial charge in [0, 0.05) is 19.1 Å². The predicted octanol–water partition coefficient (Wildman–Crippen LogP) is -0.573. The Morgan fingerprint density at radius 2 is 2.06 bits per heavy atom. The molecule has 0 spiro atoms. The maximum atomic E-state index is 11.8. The third kappa shape index (κ3) is 3.43. The molecule has 6 nitrogen and oxygen atoms in total. The highest BCUT2D eigenvalue weighted by Gasteiger charge is 2.31. The number of hydrogen-bond donors (Lipinski definition) is 1. The molecule has 1 N–H and O–H groups in total. The number of hydrogen-bond acceptors (Lipinski definition) is 4. The number of aliphatic carboxylic acids is 1. The lowest BCUT2D eigenvalue weighted by molar-refractivity contribution is -0.134. The third-order valence-electron chi connectivity index (χ3n) is 2.65. The highest BCUT2D eigenvalue weighted by molar-refractivity contribution is 7.89. The molecule has 0 aromatic rings. The van der Waals surface area contributed by atoms with Crippen molar-refractivity contribution in [2.45, 2.75) is 19.4 Å². The number of carboxylic acids is 1. The predicted molar refractivity (Wildman–Crippen MR) is 59.7 cm³/mol. The van der Waals surface area contributed by atoms with E-state index in [1.807, 2.05) is 7.05 Å². The molecule has 94 valence electrons. The Kier molecular flexibility index (Phi) is 4.28. The molecule has 1 unspecified atom stereocenters. The van der Waals surface area contributed by atoms with E-state index in [0.29, 0.717) is 13.1 Å². The van der Waals surface area contributed by atoms with Crippen LogP contribution in [0.2, 0.25) is 0 Å². The van der Waals surface area contributed by atoms with Gasteiger partial charge in [0.25, 0.3) is 0 Å². The van der Waals surface area contributed by atoms with E-state index >= 15 is 0 Å². The van der Waals surface area contributed by atoms with Gasteiger partial charge in [-0.25, -0.2) is 8.42 Å². The molecule has 0 aliphatic carbocycles. The number of carbonyl (C=O) groups is 1. The zero-order chi connectivity index (χ0) is 12.3. The number of carboxylic acid groups (broad SMARTS) is 1. The van der Waals surface area contributed by atoms with E-state index in [1.165, 1.54) is 4.31 Å². The molecule has 0 aromatic carbocycles. The minimum atomic E-state index is -3.67. The topological polar surface area (TPSA) is 77.9 Å². The smallest absolute Gasteiger partial charge is 0.320 e. The summed E-state index contributed by atoms with van der Waals surface area (Å²) in [6, 6.07) is -0.170. The van der Waals surface area contributed by atoms with E-state index < -0.39 is 21.7 Å². The summed E-state index contributed by atoms with van der Waals surface area (Å²) in [4.78, 5) is 12.6. The Hall–Kier alpha value is -0.660. The van der Waals surface area contributed by atoms with E-state index in [9.17, 15) is 13.2 Å². The van der Waals surface area contributed by atoms with Crippen LogP contribution >= 0.6 is 0 Å². The van der Waals surface area contributed by atoms with Gasteiger partial charge in [-0.2, -0.15) is 4.31 Å². The first-order valence-electron chi connectivity index (χ1n) is 5.23. The van der Waals surface area contributed by atoms with Crippen molar-refractivity contribution in [2.75, 3.05) is 32.4 Å². The van der Waals surface area contributed by atoms with Gasteiger partial charge in [0.15, 0.2) is 5.75 Å². The summed E-state index contributed by atoms with van der Waals surface area (Å²) in [5.41, 5.74) is 0. The average molecular weight is 250 g/mol. The van der Waals surface area contributed by atoms with Crippen LogP contribution in [0.3, 0.4) is 0 Å². The van der Waals surface area contributed by atoms with Crippen LogP contribution in [0.4, 0.5) is 0 Å². The lowest BCUT2D eigenvalue weighted by Crippen LogP contribution is -2.44. The Bertz CT molecular complexity index is 355. The molecule has 1 atom stereocenters. The molecular weight excluding hydrogens is 232 g/mol. The van der Waals surface area contributed by atoms with E-state index in [0.717, 1.165) is 13.0 Å². The number of likely N-dealkylation sites (N-methyl/N-ethyl adjacent to an activating group) is 1. The summed E-state index contributed by atoms with van der Waals surface area (Å²) in [6.45, 7) is 3.69. The summed E-state index contributed by atoms with van der Waals surface area (Å²) < 4.78 is 24.9. The number of sulfonamides is 1. The molecule has 0 aromatic heterocycles. The highest BCUT2D eigenvalue weighted by atomic mass is 32.2. The standard InChI is InChI=1S/C9H18N2O4S/c1-8-6-10(2)4-3-5-11(8)16(14,15)7-9(12)13/h8H,3-7H2,1-2H3,(H,12,13). The highest BCUT2D eigenvalue weighted by Crippen LogP contribution is 2.13. The van der Waals surface area contributed by atoms with Crippen LogP contribution in [-0.2, 0) is 14.8 Å². The Morgan fingerprint density at radius 1 is 1.44 bits per heavy atom. The van der Waals surface area contributed by atoms with Crippen LogP contribution in [0, 0.1) is 0 Å². The molecule has 1 aliphatic rings. The minimum Gasteiger partial charge on any atom is -0.480 e. The zero-order valence-electron chi connectivity index (χ0n) is 9.59. The monoisotopic (exact) mass is 250 g/mol. The van der Waals surface area contributed by atoms with Crippen LogP contribution in [0.15, 0.2) is 0 Å². The molecule has 0 saturated carbocycles. The second kappa shape index (κ2) is 5.11. The second-order valence-corrected chi connectivity index (χ2v) is 6.15. The van der Waals surface area contributed by atoms with Gasteiger partial charge in [-0.3, -0.25) is 4.79 Å². The SMILES string of the molecule is CC1CN(C)CCCN1S(=O)(=O)CC(=O)O. The lowest BCUT2D eigenvalue weighted by Gasteiger charge is -2.26. The summed E-state index contributed by atoms with van der Waals surface area (Å²) in [5.74, 6) is -2.12. The van der Waals surface area contributed by atoms with Crippen molar-refractivity contribution in [3.8, 4) is 0 Å². The molecule has 1 saturated heterocycles. The van der Waals surface area contributed by atoms with Gasteiger partial charge in [-0.05, 0) is 26.9 Å². The van der Waals surface area contributed by atoms with Gasteiger partial charge in [-0.15, -0.1) is 0 Å². The van der Waals surface area contributed by atoms with E-state index in [-0.39, 0.29) is 6.04 Å². The molecule has 1 heterocycles. The lowest BCUT2D eigenvalue weighted by atomic mass is 10.3. The summed E-state index contributed by atoms with van der Waals surface area (Å²) in [5, 5.41) is 8.57. The molecule has 7 heteroatoms. The maximum Gasteiger partial charge on any atom is 0.320 e. The van der Waals surface area contributed by atoms with Crippen molar-refractivity contribution in [2.24, 2.45) is 0 Å². The van der Waals surface area contributed by atoms with E-state index in [1.54, 1.807) is 6.92 Å². The quantitative estimate of drug-likeness (QED) is 0.725. The van der Waals surface area contributed by atoms with Gasteiger partial charge in [0.05, 0.1) is 0 Å². The number of rotatable bonds is 3. The van der Waals surface area contributed by atoms with Gasteiger partial charge in [-0.1, -0.05) is 0 Å². The number of nitrogens with zero attached hydrogens (tertiary/aromatic N) is 2. The van der Waals surface area contributed by atoms with Crippen LogP contribution in [0.25, 0.3) is 0 Å². The summed E-state index contributed by atoms with van der Waals surface area (Å²) in [6.07, 6.45) is 0.736. The van der Waals surface area contributed by atoms with Crippen LogP contribution < -0.4 is 0 Å². The first kappa shape index (κ1) is 13.4. The molecule has 1 fully saturated rings. The van der Waals surface area contributed by atoms with Crippen molar-refractivity contribution in [3.05, 3.63) is 0 Å². The fourth-order valence-electron chi connectivity index (χ4n) is 2.00. The Morgan fingerprint density at radius 3 is 2.62 bits per heavy atom. The largest absolute Gasteiger partial charge is 0.480 e. The molecule has 1 aliphatic heterocycles. The van der Waals surface area contributed by atoms with Gasteiger partial charge >= 0.3 is 5.97 Å². The average Bonchev–Trinajstić information content (AvgIpc) is 2.24. The van der Waals surface area contributed by atoms with E-state index in [2.05, 4.69) is 4.90 Å². The molecule has 0 bridgehead atoms. The normalized spacial score (nSPS) is 25.2. The van der Waals surface area contributed by atoms with Crippen molar-refractivity contribution >= 4 is 16.0 Å². The van der Waals surface area contributed by atoms with Crippen molar-refractivity contribution < 1.29 is 18.3 Å². The van der Waals surface area contributed by atoms with Crippen LogP contribution in [0.5, 0.6) is 0 Å². The Labute approximate surface area is 95.9 Å². The maximum absolute atomic E-state index is 11.8. The fourth-order valence-corrected chi connectivity index (χ4v) is 3.50. The van der Waals surface area contributed by atoms with Crippen LogP contribution in [-0.4, -0.2) is 67.2 Å². The van der Waals surface area contributed by atoms with Crippen molar-refractivity contribution in [1.82, 2.24) is 9.21 Å². The van der Waals surface area contributed by atoms with Crippen LogP contribution in [0.1, 0.15) is 13.3 Å². The van der Waals surface area contributed by atoms with Gasteiger partial charge in [0.1, 0.15) is 0 Å². The summed E-state index contributed by atoms with van der Waals surface area (Å²) in [7, 11) is -1.74. The second-order valence-electron chi connectivity index (χ2n) is 4.23. The van der Waals surface area contributed by atoms with Crippen molar-refractivity contribution in [1.29, 1.82) is 0 Å². The summed E-state index contributed by atoms with van der Waals surface area (Å²) >= 11 is 0. The molecule has 1 rings (SSSR count). The van der Waals surface area contributed by atoms with Gasteiger partial charge < -0.3 is 10.0 Å². The Balaban J connectivity index is 2.81. The third-order valence-corrected chi connectivity index (χ3v) is 4.52. The van der Waals surface area contributed by atoms with Crippen molar-refractivity contribution in [3.63, 3.8) is 0 Å².